The van der Waals surface area contributed by atoms with Gasteiger partial charge in [0.15, 0.2) is 11.9 Å². The highest BCUT2D eigenvalue weighted by molar-refractivity contribution is 7.94. The summed E-state index contributed by atoms with van der Waals surface area (Å²) in [5.74, 6) is -6.76. The fourth-order valence-electron chi connectivity index (χ4n) is 12.3. The van der Waals surface area contributed by atoms with Gasteiger partial charge >= 0.3 is 11.9 Å². The number of hydrogen-bond donors (Lipinski definition) is 18. The van der Waals surface area contributed by atoms with E-state index in [0.29, 0.717) is 72.9 Å². The maximum absolute atomic E-state index is 13.7. The summed E-state index contributed by atoms with van der Waals surface area (Å²) in [5.41, 5.74) is 8.91. The molecule has 0 aliphatic rings. The number of carbonyl (C=O) groups excluding carboxylic acids is 7. The number of nitrogens with two attached hydrogens (primary N) is 1. The van der Waals surface area contributed by atoms with Crippen LogP contribution in [-0.2, 0) is 85.4 Å². The maximum atomic E-state index is 13.7. The second-order valence-corrected chi connectivity index (χ2v) is 31.8. The summed E-state index contributed by atoms with van der Waals surface area (Å²) < 4.78 is 83.3. The predicted octanol–water partition coefficient (Wildman–Crippen LogP) is 1.71. The largest absolute Gasteiger partial charge is 0.494 e. The smallest absolute Gasteiger partial charge is 0.323 e. The number of nitrogens with one attached hydrogen (secondary N) is 13. The van der Waals surface area contributed by atoms with Crippen molar-refractivity contribution in [2.75, 3.05) is 87.7 Å². The number of aromatic nitrogens is 8. The van der Waals surface area contributed by atoms with E-state index in [-0.39, 0.29) is 137 Å². The Kier molecular flexibility index (Phi) is 37.3. The molecule has 4 aromatic heterocycles. The number of benzene rings is 4. The fraction of sp³-hybridized carbons (Fsp3) is 0.431. The van der Waals surface area contributed by atoms with Gasteiger partial charge in [-0.2, -0.15) is 19.6 Å². The number of imidazole rings is 2. The van der Waals surface area contributed by atoms with Crippen molar-refractivity contribution in [1.29, 1.82) is 0 Å². The Labute approximate surface area is 700 Å². The van der Waals surface area contributed by atoms with Crippen LogP contribution in [0.3, 0.4) is 0 Å². The minimum Gasteiger partial charge on any atom is -0.494 e. The highest BCUT2D eigenvalue weighted by Crippen LogP contribution is 2.29. The van der Waals surface area contributed by atoms with Gasteiger partial charge in [-0.25, -0.2) is 37.3 Å². The number of aryl methyl sites for hydroxylation is 6. The van der Waals surface area contributed by atoms with Crippen LogP contribution in [0.15, 0.2) is 108 Å². The van der Waals surface area contributed by atoms with Crippen LogP contribution in [0.25, 0.3) is 21.8 Å². The van der Waals surface area contributed by atoms with Gasteiger partial charge in [0.05, 0.1) is 57.9 Å². The molecular formula is C72H96N21O24S4+. The molecule has 19 N–H and O–H groups in total. The maximum Gasteiger partial charge on any atom is 0.323 e. The fourth-order valence-corrected chi connectivity index (χ4v) is 16.6. The van der Waals surface area contributed by atoms with Crippen LogP contribution in [0.4, 0.5) is 11.9 Å². The molecule has 0 radical (unpaired) electrons. The Morgan fingerprint density at radius 2 is 0.967 bits per heavy atom. The molecule has 0 aliphatic carbocycles. The van der Waals surface area contributed by atoms with Crippen molar-refractivity contribution in [3.05, 3.63) is 136 Å². The number of nitrogens with zero attached hydrogens (tertiary/aromatic N) is 7. The van der Waals surface area contributed by atoms with Crippen LogP contribution in [0.5, 0.6) is 11.5 Å². The molecule has 0 unspecified atom stereocenters. The van der Waals surface area contributed by atoms with Gasteiger partial charge < -0.3 is 77.5 Å². The predicted molar refractivity (Wildman–Crippen MR) is 435 cm³/mol. The Balaban J connectivity index is 0.689. The van der Waals surface area contributed by atoms with Crippen LogP contribution in [0.2, 0.25) is 0 Å². The third kappa shape index (κ3) is 29.7. The summed E-state index contributed by atoms with van der Waals surface area (Å²) >= 11 is 0.785. The first kappa shape index (κ1) is 95.0. The van der Waals surface area contributed by atoms with Crippen molar-refractivity contribution in [3.63, 3.8) is 0 Å². The number of fused-ring (bicyclic) bond motifs is 2. The topological polar surface area (TPSA) is 630 Å². The summed E-state index contributed by atoms with van der Waals surface area (Å²) in [6, 6.07) is 8.93. The van der Waals surface area contributed by atoms with E-state index < -0.39 is 129 Å². The SMILES string of the molecule is Cc1cc(OCCCC(=O)NCCNC(=O)[C@H](CSOOO)NC(=O)CC[C@H](N)[N+](=O)[C@@H](CSOOO)C(=O)NCCNC(=O)CCCOc2cc(C)c(S(=O)(=O)N[C@@H](CNC(=O)c3ccc4c(cnn4CCCNc4ncc[nH]4)c3)C(=O)O)c(C)c2)cc(C)c1S(=O)(=O)N[C@@H](CNC(=O)c1ccc2c(cnn2CCCNc2ncc[nH]2)c1)C(=O)O. The van der Waals surface area contributed by atoms with Crippen LogP contribution < -0.4 is 72.5 Å². The molecule has 0 spiro atoms. The average Bonchev–Trinajstić information content (AvgIpc) is 1.33. The number of carboxylic acid groups (broad SMARTS) is 2. The number of nitroso groups, excluding NO2 is 1. The number of hydrogen-bond acceptors (Lipinski definition) is 31. The van der Waals surface area contributed by atoms with Gasteiger partial charge in [0, 0.05) is 172 Å². The second kappa shape index (κ2) is 47.5. The van der Waals surface area contributed by atoms with Gasteiger partial charge in [-0.3, -0.25) is 58.2 Å². The number of sulfonamides is 2. The molecule has 656 valence electrons. The standard InChI is InChI=1S/C72H95N21O24S4/c1-43-31-51(32-44(2)63(43)120(108,109)89-53(69(101)102)39-84-65(97)47-11-13-56-49(35-47)37-86-91(56)27-7-17-78-71-80-23-24-81-71)112-29-5-9-60(94)74-19-21-76-67(99)55(41-118-116-114-106)88-62(96)16-15-59(73)93(105)58(42-119-117-115-107)68(100)77-22-20-75-61(95)10-6-30-113-52-33-45(3)64(46(4)34-52)121(110,111)90-54(70(103)104)40-85-66(98)48-12-14-57-50(36-48)38-87-92(57)28-8-18-79-72-82-25-26-83-72/h11-14,23-26,31-38,53-55,58-59,89-90H,5-10,15-22,27-30,39-42,73H2,1-4H3,(H14-,74,75,76,77,78,79,80,81,82,83,84,85,88,94,95,96,97,98,99,100,101,102,103,104,106,107)/p+1/t53-,54-,55-,58-,59+/m0/s1. The van der Waals surface area contributed by atoms with E-state index in [2.05, 4.69) is 106 Å². The Morgan fingerprint density at radius 3 is 1.39 bits per heavy atom. The number of H-pyrrole nitrogens is 2. The molecular weight excluding hydrogens is 1670 g/mol. The Hall–Kier alpha value is -11.5. The number of aliphatic carboxylic acids is 2. The highest BCUT2D eigenvalue weighted by Gasteiger charge is 2.39. The molecule has 4 aromatic carbocycles. The van der Waals surface area contributed by atoms with Crippen molar-refractivity contribution < 1.29 is 114 Å². The lowest BCUT2D eigenvalue weighted by Crippen LogP contribution is -2.51. The lowest BCUT2D eigenvalue weighted by molar-refractivity contribution is -0.604. The summed E-state index contributed by atoms with van der Waals surface area (Å²) in [6.07, 6.45) is 9.18. The lowest BCUT2D eigenvalue weighted by Gasteiger charge is -2.19. The third-order valence-corrected chi connectivity index (χ3v) is 22.8. The first-order valence-electron chi connectivity index (χ1n) is 37.7. The molecule has 45 nitrogen and oxygen atoms in total. The summed E-state index contributed by atoms with van der Waals surface area (Å²) in [5, 5.41) is 78.7. The first-order valence-corrected chi connectivity index (χ1v) is 42.4. The highest BCUT2D eigenvalue weighted by atomic mass is 32.2. The van der Waals surface area contributed by atoms with Gasteiger partial charge in [0.2, 0.25) is 43.7 Å². The number of anilines is 2. The molecule has 0 saturated heterocycles. The average molecular weight is 1770 g/mol. The quantitative estimate of drug-likeness (QED) is 0.00644. The minimum absolute atomic E-state index is 0.00503. The van der Waals surface area contributed by atoms with Crippen molar-refractivity contribution in [3.8, 4) is 11.5 Å². The minimum atomic E-state index is -4.50. The number of carboxylic acids is 2. The number of ether oxygens (including phenoxy) is 2. The second-order valence-electron chi connectivity index (χ2n) is 27.1. The molecule has 0 saturated carbocycles. The van der Waals surface area contributed by atoms with Crippen LogP contribution in [0.1, 0.15) is 94.3 Å². The van der Waals surface area contributed by atoms with Crippen molar-refractivity contribution in [2.45, 2.75) is 132 Å². The number of carbonyl (C=O) groups is 9. The monoisotopic (exact) mass is 1770 g/mol. The van der Waals surface area contributed by atoms with Crippen LogP contribution >= 0.6 is 24.1 Å². The van der Waals surface area contributed by atoms with Gasteiger partial charge in [0.25, 0.3) is 29.9 Å². The van der Waals surface area contributed by atoms with E-state index in [9.17, 15) is 75.1 Å². The van der Waals surface area contributed by atoms with Gasteiger partial charge in [-0.15, -0.1) is 8.67 Å². The molecule has 121 heavy (non-hydrogen) atoms. The number of rotatable bonds is 56. The molecule has 8 aromatic rings. The van der Waals surface area contributed by atoms with Gasteiger partial charge in [-0.05, 0) is 136 Å². The molecule has 0 bridgehead atoms. The Morgan fingerprint density at radius 1 is 0.537 bits per heavy atom. The van der Waals surface area contributed by atoms with E-state index in [4.69, 9.17) is 25.7 Å². The zero-order chi connectivity index (χ0) is 87.6. The summed E-state index contributed by atoms with van der Waals surface area (Å²) in [4.78, 5) is 144. The van der Waals surface area contributed by atoms with Crippen molar-refractivity contribution in [1.82, 2.24) is 86.2 Å². The van der Waals surface area contributed by atoms with Crippen LogP contribution in [0, 0.1) is 32.6 Å². The molecule has 0 aliphatic heterocycles. The van der Waals surface area contributed by atoms with E-state index >= 15 is 0 Å². The number of amides is 7. The van der Waals surface area contributed by atoms with Crippen molar-refractivity contribution >= 4 is 131 Å². The molecule has 0 fully saturated rings. The normalized spacial score (nSPS) is 12.8. The zero-order valence-electron chi connectivity index (χ0n) is 66.0. The van der Waals surface area contributed by atoms with Gasteiger partial charge in [0.1, 0.15) is 29.6 Å². The third-order valence-electron chi connectivity index (χ3n) is 18.0. The van der Waals surface area contributed by atoms with Gasteiger partial charge in [-0.1, -0.05) is 10.1 Å². The first-order chi connectivity index (χ1) is 57.9. The Bertz CT molecular complexity index is 5050. The van der Waals surface area contributed by atoms with E-state index in [1.165, 1.54) is 52.0 Å². The molecule has 5 atom stereocenters. The molecule has 49 heteroatoms. The number of aromatic amines is 2. The lowest BCUT2D eigenvalue weighted by atomic mass is 10.1. The summed E-state index contributed by atoms with van der Waals surface area (Å²) in [6.45, 7) is 6.63. The molecule has 8 rings (SSSR count). The van der Waals surface area contributed by atoms with Crippen LogP contribution in [-0.4, -0.2) is 243 Å². The van der Waals surface area contributed by atoms with E-state index in [0.717, 1.165) is 23.9 Å². The van der Waals surface area contributed by atoms with E-state index in [1.54, 1.807) is 82.9 Å². The molecule has 4 heterocycles. The van der Waals surface area contributed by atoms with E-state index in [1.807, 2.05) is 0 Å². The molecule has 7 amide bonds. The van der Waals surface area contributed by atoms with Crippen molar-refractivity contribution in [2.24, 2.45) is 5.73 Å². The zero-order valence-corrected chi connectivity index (χ0v) is 69.2. The summed E-state index contributed by atoms with van der Waals surface area (Å²) in [7, 11) is -8.99.